The van der Waals surface area contributed by atoms with Gasteiger partial charge < -0.3 is 19.9 Å². The first kappa shape index (κ1) is 19.9. The summed E-state index contributed by atoms with van der Waals surface area (Å²) in [6, 6.07) is 12.9. The minimum atomic E-state index is 0.103. The molecule has 0 aliphatic rings. The number of nitrogens with zero attached hydrogens (tertiary/aromatic N) is 1. The average Bonchev–Trinajstić information content (AvgIpc) is 2.69. The molecule has 0 saturated carbocycles. The van der Waals surface area contributed by atoms with Crippen molar-refractivity contribution in [2.45, 2.75) is 13.3 Å². The maximum absolute atomic E-state index is 10.9. The fraction of sp³-hybridized carbons (Fsp3) is 0.300. The van der Waals surface area contributed by atoms with Crippen LogP contribution in [0.4, 0.5) is 0 Å². The molecule has 1 aromatic heterocycles. The Labute approximate surface area is 159 Å². The van der Waals surface area contributed by atoms with Crippen LogP contribution in [0.25, 0.3) is 11.5 Å². The third-order valence-corrected chi connectivity index (χ3v) is 4.07. The number of methoxy groups -OCH3 is 1. The first-order valence-corrected chi connectivity index (χ1v) is 8.98. The van der Waals surface area contributed by atoms with Gasteiger partial charge in [-0.2, -0.15) is 4.57 Å². The van der Waals surface area contributed by atoms with Crippen LogP contribution < -0.4 is 14.6 Å². The van der Waals surface area contributed by atoms with E-state index in [-0.39, 0.29) is 5.76 Å². The van der Waals surface area contributed by atoms with Gasteiger partial charge in [-0.25, -0.2) is 0 Å². The lowest BCUT2D eigenvalue weighted by atomic mass is 10.1. The maximum atomic E-state index is 10.9. The summed E-state index contributed by atoms with van der Waals surface area (Å²) in [5.41, 5.74) is 1.19. The predicted octanol–water partition coefficient (Wildman–Crippen LogP) is 3.21. The summed E-state index contributed by atoms with van der Waals surface area (Å²) in [6.45, 7) is 4.02. The molecule has 0 unspecified atom stereocenters. The molecule has 0 fully saturated rings. The summed E-state index contributed by atoms with van der Waals surface area (Å²) in [4.78, 5) is 0.478. The topological polar surface area (TPSA) is 54.6 Å². The monoisotopic (exact) mass is 373 g/mol. The number of aromatic nitrogens is 1. The fourth-order valence-electron chi connectivity index (χ4n) is 2.38. The summed E-state index contributed by atoms with van der Waals surface area (Å²) in [7, 11) is 1.61. The zero-order valence-electron chi connectivity index (χ0n) is 15.1. The highest BCUT2D eigenvalue weighted by molar-refractivity contribution is 7.81. The van der Waals surface area contributed by atoms with E-state index < -0.39 is 0 Å². The Morgan fingerprint density at radius 2 is 1.85 bits per heavy atom. The highest BCUT2D eigenvalue weighted by Crippen LogP contribution is 2.20. The lowest BCUT2D eigenvalue weighted by Crippen LogP contribution is -2.41. The minimum Gasteiger partial charge on any atom is -0.502 e. The first-order valence-electron chi connectivity index (χ1n) is 8.57. The fourth-order valence-corrected chi connectivity index (χ4v) is 2.69. The molecule has 2 aromatic rings. The van der Waals surface area contributed by atoms with Gasteiger partial charge in [-0.1, -0.05) is 18.3 Å². The number of aliphatic hydroxyl groups excluding tert-OH is 1. The summed E-state index contributed by atoms with van der Waals surface area (Å²) in [6.07, 6.45) is 4.54. The first-order chi connectivity index (χ1) is 12.7. The number of hydrogen-bond donors (Lipinski definition) is 2. The molecular formula is C20H25N2O3S+. The Morgan fingerprint density at radius 3 is 2.46 bits per heavy atom. The minimum absolute atomic E-state index is 0.103. The van der Waals surface area contributed by atoms with Crippen molar-refractivity contribution in [3.05, 3.63) is 60.4 Å². The van der Waals surface area contributed by atoms with Gasteiger partial charge in [0.25, 0.3) is 5.70 Å². The number of benzene rings is 1. The number of thiocarbonyl (C=S) groups is 1. The smallest absolute Gasteiger partial charge is 0.287 e. The van der Waals surface area contributed by atoms with Crippen molar-refractivity contribution in [2.75, 3.05) is 26.9 Å². The Balaban J connectivity index is 2.26. The van der Waals surface area contributed by atoms with E-state index in [2.05, 4.69) is 5.32 Å². The van der Waals surface area contributed by atoms with E-state index in [1.54, 1.807) is 35.9 Å². The lowest BCUT2D eigenvalue weighted by Gasteiger charge is -2.10. The second kappa shape index (κ2) is 10.5. The van der Waals surface area contributed by atoms with Crippen LogP contribution in [-0.4, -0.2) is 37.0 Å². The molecule has 138 valence electrons. The second-order valence-electron chi connectivity index (χ2n) is 5.51. The van der Waals surface area contributed by atoms with Crippen molar-refractivity contribution in [3.8, 4) is 5.75 Å². The van der Waals surface area contributed by atoms with Crippen molar-refractivity contribution in [2.24, 2.45) is 0 Å². The van der Waals surface area contributed by atoms with Crippen molar-refractivity contribution >= 4 is 28.7 Å². The van der Waals surface area contributed by atoms with E-state index in [1.165, 1.54) is 0 Å². The molecule has 0 radical (unpaired) electrons. The molecule has 1 aromatic carbocycles. The molecule has 1 heterocycles. The number of aliphatic hydroxyl groups is 1. The van der Waals surface area contributed by atoms with Gasteiger partial charge in [-0.3, -0.25) is 0 Å². The molecule has 2 rings (SSSR count). The van der Waals surface area contributed by atoms with Gasteiger partial charge in [0.2, 0.25) is 0 Å². The molecule has 0 atom stereocenters. The second-order valence-corrected chi connectivity index (χ2v) is 5.92. The average molecular weight is 373 g/mol. The molecule has 0 saturated heterocycles. The molecule has 0 spiro atoms. The number of pyridine rings is 1. The van der Waals surface area contributed by atoms with Gasteiger partial charge in [0.1, 0.15) is 5.75 Å². The molecule has 2 N–H and O–H groups in total. The van der Waals surface area contributed by atoms with Gasteiger partial charge in [-0.05, 0) is 37.6 Å². The van der Waals surface area contributed by atoms with E-state index in [9.17, 15) is 5.11 Å². The Kier molecular flexibility index (Phi) is 8.05. The molecule has 6 heteroatoms. The van der Waals surface area contributed by atoms with Crippen LogP contribution in [-0.2, 0) is 4.74 Å². The molecule has 26 heavy (non-hydrogen) atoms. The Hall–Kier alpha value is -2.44. The quantitative estimate of drug-likeness (QED) is 0.232. The van der Waals surface area contributed by atoms with E-state index >= 15 is 0 Å². The third-order valence-electron chi connectivity index (χ3n) is 3.73. The largest absolute Gasteiger partial charge is 0.502 e. The Morgan fingerprint density at radius 1 is 1.15 bits per heavy atom. The molecule has 0 aliphatic heterocycles. The SMILES string of the molecule is CCOCCCNC(=S)/C(=C(/O)c1ccc(OC)cc1)[n+]1ccccc1. The van der Waals surface area contributed by atoms with Gasteiger partial charge in [0, 0.05) is 37.5 Å². The van der Waals surface area contributed by atoms with Crippen molar-refractivity contribution in [1.29, 1.82) is 0 Å². The normalized spacial score (nSPS) is 11.6. The highest BCUT2D eigenvalue weighted by atomic mass is 32.1. The van der Waals surface area contributed by atoms with E-state index in [0.29, 0.717) is 36.0 Å². The van der Waals surface area contributed by atoms with E-state index in [1.807, 2.05) is 37.5 Å². The molecular weight excluding hydrogens is 348 g/mol. The van der Waals surface area contributed by atoms with E-state index in [4.69, 9.17) is 21.7 Å². The maximum Gasteiger partial charge on any atom is 0.287 e. The van der Waals surface area contributed by atoms with Crippen molar-refractivity contribution < 1.29 is 19.1 Å². The summed E-state index contributed by atoms with van der Waals surface area (Å²) >= 11 is 5.54. The van der Waals surface area contributed by atoms with E-state index in [0.717, 1.165) is 12.2 Å². The summed E-state index contributed by atoms with van der Waals surface area (Å²) < 4.78 is 12.3. The number of ether oxygens (including phenoxy) is 2. The zero-order valence-corrected chi connectivity index (χ0v) is 16.0. The van der Waals surface area contributed by atoms with Crippen LogP contribution in [0.3, 0.4) is 0 Å². The van der Waals surface area contributed by atoms with Gasteiger partial charge in [0.05, 0.1) is 7.11 Å². The lowest BCUT2D eigenvalue weighted by molar-refractivity contribution is -0.576. The van der Waals surface area contributed by atoms with Crippen LogP contribution >= 0.6 is 12.2 Å². The van der Waals surface area contributed by atoms with Crippen LogP contribution in [0, 0.1) is 0 Å². The summed E-state index contributed by atoms with van der Waals surface area (Å²) in [5, 5.41) is 14.1. The number of rotatable bonds is 9. The van der Waals surface area contributed by atoms with Crippen LogP contribution in [0.5, 0.6) is 5.75 Å². The summed E-state index contributed by atoms with van der Waals surface area (Å²) in [5.74, 6) is 0.832. The van der Waals surface area contributed by atoms with Crippen LogP contribution in [0.15, 0.2) is 54.9 Å². The highest BCUT2D eigenvalue weighted by Gasteiger charge is 2.23. The van der Waals surface area contributed by atoms with Crippen molar-refractivity contribution in [3.63, 3.8) is 0 Å². The molecule has 0 amide bonds. The standard InChI is InChI=1S/C20H24N2O3S/c1-3-25-15-7-12-21-20(26)18(22-13-5-4-6-14-22)19(23)16-8-10-17(24-2)11-9-16/h4-6,8-11,13-14H,3,7,12,15H2,1-2H3,(H-,21,23,26)/p+1. The Bertz CT molecular complexity index is 730. The van der Waals surface area contributed by atoms with Gasteiger partial charge >= 0.3 is 0 Å². The molecule has 5 nitrogen and oxygen atoms in total. The number of hydrogen-bond acceptors (Lipinski definition) is 4. The molecule has 0 bridgehead atoms. The van der Waals surface area contributed by atoms with Crippen LogP contribution in [0.2, 0.25) is 0 Å². The van der Waals surface area contributed by atoms with Gasteiger partial charge in [0.15, 0.2) is 23.1 Å². The van der Waals surface area contributed by atoms with Crippen molar-refractivity contribution in [1.82, 2.24) is 5.32 Å². The number of nitrogens with one attached hydrogen (secondary N) is 1. The molecule has 0 aliphatic carbocycles. The predicted molar refractivity (Wildman–Crippen MR) is 107 cm³/mol. The van der Waals surface area contributed by atoms with Gasteiger partial charge in [-0.15, -0.1) is 0 Å². The zero-order chi connectivity index (χ0) is 18.8. The third kappa shape index (κ3) is 5.54. The van der Waals surface area contributed by atoms with Crippen LogP contribution in [0.1, 0.15) is 18.9 Å².